The number of ether oxygens (including phenoxy) is 1. The van der Waals surface area contributed by atoms with Crippen LogP contribution in [-0.2, 0) is 9.53 Å². The van der Waals surface area contributed by atoms with E-state index in [1.807, 2.05) is 0 Å². The van der Waals surface area contributed by atoms with Crippen molar-refractivity contribution in [2.45, 2.75) is 13.8 Å². The molecule has 0 heterocycles. The molecule has 0 unspecified atom stereocenters. The Morgan fingerprint density at radius 1 is 1.41 bits per heavy atom. The predicted octanol–water partition coefficient (Wildman–Crippen LogP) is 1.61. The lowest BCUT2D eigenvalue weighted by Crippen LogP contribution is -2.04. The molecule has 1 aromatic rings. The Bertz CT molecular complexity index is 506. The third-order valence-corrected chi connectivity index (χ3v) is 2.06. The summed E-state index contributed by atoms with van der Waals surface area (Å²) < 4.78 is 4.63. The van der Waals surface area contributed by atoms with Crippen molar-refractivity contribution in [2.75, 3.05) is 6.61 Å². The topological polar surface area (TPSA) is 63.6 Å². The largest absolute Gasteiger partial charge is 0.478 e. The Morgan fingerprint density at radius 3 is 2.71 bits per heavy atom. The second-order valence-corrected chi connectivity index (χ2v) is 3.27. The zero-order valence-corrected chi connectivity index (χ0v) is 9.61. The molecule has 4 heteroatoms. The van der Waals surface area contributed by atoms with Gasteiger partial charge in [0.15, 0.2) is 0 Å². The van der Waals surface area contributed by atoms with Crippen LogP contribution in [0.4, 0.5) is 0 Å². The molecule has 0 aromatic heterocycles. The summed E-state index contributed by atoms with van der Waals surface area (Å²) in [6, 6.07) is 4.93. The van der Waals surface area contributed by atoms with Gasteiger partial charge in [-0.25, -0.2) is 9.59 Å². The van der Waals surface area contributed by atoms with Gasteiger partial charge in [-0.15, -0.1) is 0 Å². The highest BCUT2D eigenvalue weighted by Gasteiger charge is 2.11. The van der Waals surface area contributed by atoms with Crippen LogP contribution in [-0.4, -0.2) is 23.7 Å². The summed E-state index contributed by atoms with van der Waals surface area (Å²) in [6.45, 7) is 3.60. The molecule has 0 atom stereocenters. The van der Waals surface area contributed by atoms with Crippen LogP contribution in [0.2, 0.25) is 0 Å². The molecule has 0 aliphatic carbocycles. The van der Waals surface area contributed by atoms with Gasteiger partial charge >= 0.3 is 11.9 Å². The van der Waals surface area contributed by atoms with E-state index in [0.29, 0.717) is 11.1 Å². The van der Waals surface area contributed by atoms with Crippen LogP contribution in [0.1, 0.15) is 28.4 Å². The number of benzene rings is 1. The highest BCUT2D eigenvalue weighted by Crippen LogP contribution is 2.12. The van der Waals surface area contributed by atoms with Crippen molar-refractivity contribution in [1.29, 1.82) is 0 Å². The van der Waals surface area contributed by atoms with Gasteiger partial charge in [-0.1, -0.05) is 18.1 Å². The second kappa shape index (κ2) is 5.71. The summed E-state index contributed by atoms with van der Waals surface area (Å²) in [6.07, 6.45) is 0. The van der Waals surface area contributed by atoms with E-state index in [1.165, 1.54) is 0 Å². The van der Waals surface area contributed by atoms with Crippen LogP contribution in [0, 0.1) is 18.8 Å². The fourth-order valence-electron chi connectivity index (χ4n) is 1.34. The lowest BCUT2D eigenvalue weighted by atomic mass is 10.0. The molecule has 17 heavy (non-hydrogen) atoms. The summed E-state index contributed by atoms with van der Waals surface area (Å²) >= 11 is 0. The number of rotatable bonds is 2. The SMILES string of the molecule is CCOC(=O)C#Cc1cccc(C)c1C(=O)O. The quantitative estimate of drug-likeness (QED) is 0.621. The standard InChI is InChI=1S/C13H12O4/c1-3-17-11(14)8-7-10-6-4-5-9(2)12(10)13(15)16/h4-6H,3H2,1-2H3,(H,15,16). The van der Waals surface area contributed by atoms with E-state index in [9.17, 15) is 9.59 Å². The number of hydrogen-bond donors (Lipinski definition) is 1. The van der Waals surface area contributed by atoms with Crippen molar-refractivity contribution < 1.29 is 19.4 Å². The van der Waals surface area contributed by atoms with E-state index >= 15 is 0 Å². The van der Waals surface area contributed by atoms with Gasteiger partial charge in [-0.3, -0.25) is 0 Å². The molecule has 0 saturated carbocycles. The molecule has 0 bridgehead atoms. The Hall–Kier alpha value is -2.28. The van der Waals surface area contributed by atoms with Crippen LogP contribution in [0.3, 0.4) is 0 Å². The molecule has 4 nitrogen and oxygen atoms in total. The van der Waals surface area contributed by atoms with E-state index in [2.05, 4.69) is 16.6 Å². The zero-order valence-electron chi connectivity index (χ0n) is 9.61. The minimum atomic E-state index is -1.06. The minimum absolute atomic E-state index is 0.115. The van der Waals surface area contributed by atoms with Gasteiger partial charge in [0.2, 0.25) is 0 Å². The molecule has 0 aliphatic heterocycles. The van der Waals surface area contributed by atoms with E-state index in [4.69, 9.17) is 5.11 Å². The van der Waals surface area contributed by atoms with Crippen molar-refractivity contribution >= 4 is 11.9 Å². The fourth-order valence-corrected chi connectivity index (χ4v) is 1.34. The summed E-state index contributed by atoms with van der Waals surface area (Å²) in [5.41, 5.74) is 1.03. The number of carbonyl (C=O) groups excluding carboxylic acids is 1. The first kappa shape index (κ1) is 12.8. The molecular formula is C13H12O4. The number of hydrogen-bond acceptors (Lipinski definition) is 3. The molecule has 1 N–H and O–H groups in total. The molecule has 0 radical (unpaired) electrons. The van der Waals surface area contributed by atoms with Crippen LogP contribution < -0.4 is 0 Å². The summed E-state index contributed by atoms with van der Waals surface area (Å²) in [5.74, 6) is 3.04. The average molecular weight is 232 g/mol. The number of esters is 1. The first-order valence-corrected chi connectivity index (χ1v) is 5.08. The maximum Gasteiger partial charge on any atom is 0.384 e. The predicted molar refractivity (Wildman–Crippen MR) is 61.6 cm³/mol. The number of aromatic carboxylic acids is 1. The van der Waals surface area contributed by atoms with E-state index in [1.54, 1.807) is 32.0 Å². The van der Waals surface area contributed by atoms with E-state index < -0.39 is 11.9 Å². The minimum Gasteiger partial charge on any atom is -0.478 e. The van der Waals surface area contributed by atoms with Gasteiger partial charge < -0.3 is 9.84 Å². The summed E-state index contributed by atoms with van der Waals surface area (Å²) in [5, 5.41) is 9.03. The Labute approximate surface area is 99.2 Å². The normalized spacial score (nSPS) is 9.06. The number of carbonyl (C=O) groups is 2. The molecule has 0 aliphatic rings. The molecule has 0 fully saturated rings. The van der Waals surface area contributed by atoms with Crippen molar-refractivity contribution in [3.63, 3.8) is 0 Å². The third-order valence-electron chi connectivity index (χ3n) is 2.06. The maximum absolute atomic E-state index is 11.0. The van der Waals surface area contributed by atoms with Crippen molar-refractivity contribution in [1.82, 2.24) is 0 Å². The molecular weight excluding hydrogens is 220 g/mol. The molecule has 1 rings (SSSR count). The van der Waals surface area contributed by atoms with Crippen molar-refractivity contribution in [3.8, 4) is 11.8 Å². The van der Waals surface area contributed by atoms with Gasteiger partial charge in [0, 0.05) is 11.5 Å². The lowest BCUT2D eigenvalue weighted by molar-refractivity contribution is -0.136. The number of carboxylic acid groups (broad SMARTS) is 1. The molecule has 0 amide bonds. The van der Waals surface area contributed by atoms with Gasteiger partial charge in [0.25, 0.3) is 0 Å². The first-order chi connectivity index (χ1) is 8.06. The zero-order chi connectivity index (χ0) is 12.8. The Kier molecular flexibility index (Phi) is 4.29. The lowest BCUT2D eigenvalue weighted by Gasteiger charge is -2.02. The van der Waals surface area contributed by atoms with Crippen molar-refractivity contribution in [2.24, 2.45) is 0 Å². The highest BCUT2D eigenvalue weighted by atomic mass is 16.5. The Balaban J connectivity index is 3.11. The van der Waals surface area contributed by atoms with Gasteiger partial charge in [0.1, 0.15) is 0 Å². The number of carboxylic acids is 1. The van der Waals surface area contributed by atoms with Crippen LogP contribution in [0.25, 0.3) is 0 Å². The first-order valence-electron chi connectivity index (χ1n) is 5.08. The number of aryl methyl sites for hydroxylation is 1. The second-order valence-electron chi connectivity index (χ2n) is 3.27. The molecule has 0 spiro atoms. The smallest absolute Gasteiger partial charge is 0.384 e. The monoisotopic (exact) mass is 232 g/mol. The summed E-state index contributed by atoms with van der Waals surface area (Å²) in [7, 11) is 0. The average Bonchev–Trinajstić information content (AvgIpc) is 2.26. The van der Waals surface area contributed by atoms with Crippen molar-refractivity contribution in [3.05, 3.63) is 34.9 Å². The van der Waals surface area contributed by atoms with Crippen LogP contribution in [0.5, 0.6) is 0 Å². The molecule has 1 aromatic carbocycles. The van der Waals surface area contributed by atoms with E-state index in [0.717, 1.165) is 0 Å². The van der Waals surface area contributed by atoms with E-state index in [-0.39, 0.29) is 12.2 Å². The third kappa shape index (κ3) is 3.35. The molecule has 88 valence electrons. The maximum atomic E-state index is 11.0. The van der Waals surface area contributed by atoms with Gasteiger partial charge in [-0.05, 0) is 25.5 Å². The fraction of sp³-hybridized carbons (Fsp3) is 0.231. The van der Waals surface area contributed by atoms with Gasteiger partial charge in [0.05, 0.1) is 12.2 Å². The highest BCUT2D eigenvalue weighted by molar-refractivity contribution is 5.94. The summed E-state index contributed by atoms with van der Waals surface area (Å²) in [4.78, 5) is 22.1. The Morgan fingerprint density at radius 2 is 2.12 bits per heavy atom. The van der Waals surface area contributed by atoms with Crippen LogP contribution in [0.15, 0.2) is 18.2 Å². The van der Waals surface area contributed by atoms with Crippen LogP contribution >= 0.6 is 0 Å². The molecule has 0 saturated heterocycles. The van der Waals surface area contributed by atoms with Gasteiger partial charge in [-0.2, -0.15) is 0 Å².